The molecule has 2 atom stereocenters. The molecule has 1 aromatic carbocycles. The van der Waals surface area contributed by atoms with E-state index >= 15 is 0 Å². The van der Waals surface area contributed by atoms with Crippen molar-refractivity contribution < 1.29 is 15.0 Å². The molecule has 2 unspecified atom stereocenters. The predicted molar refractivity (Wildman–Crippen MR) is 67.4 cm³/mol. The number of hydrogen-bond acceptors (Lipinski definition) is 4. The Hall–Kier alpha value is -1.75. The zero-order valence-corrected chi connectivity index (χ0v) is 10.3. The van der Waals surface area contributed by atoms with E-state index in [0.29, 0.717) is 19.0 Å². The minimum Gasteiger partial charge on any atom is -0.508 e. The van der Waals surface area contributed by atoms with Crippen LogP contribution in [0.1, 0.15) is 23.7 Å². The van der Waals surface area contributed by atoms with Crippen molar-refractivity contribution in [3.05, 3.63) is 23.8 Å². The Bertz CT molecular complexity index is 462. The normalized spacial score (nSPS) is 23.3. The third-order valence-electron chi connectivity index (χ3n) is 3.60. The van der Waals surface area contributed by atoms with Gasteiger partial charge in [-0.1, -0.05) is 6.92 Å². The van der Waals surface area contributed by atoms with Crippen LogP contribution in [-0.2, 0) is 0 Å². The Morgan fingerprint density at radius 3 is 2.83 bits per heavy atom. The zero-order valence-electron chi connectivity index (χ0n) is 10.3. The van der Waals surface area contributed by atoms with Crippen LogP contribution in [0.2, 0.25) is 0 Å². The maximum Gasteiger partial charge on any atom is 0.257 e. The summed E-state index contributed by atoms with van der Waals surface area (Å²) >= 11 is 0. The SMILES string of the molecule is CC1CCN(C(=O)c2ccc(O)cc2O)C1CN. The first-order valence-electron chi connectivity index (χ1n) is 6.07. The maximum absolute atomic E-state index is 12.3. The summed E-state index contributed by atoms with van der Waals surface area (Å²) in [6, 6.07) is 4.02. The Balaban J connectivity index is 2.26. The lowest BCUT2D eigenvalue weighted by molar-refractivity contribution is 0.0724. The Kier molecular flexibility index (Phi) is 3.43. The molecule has 0 bridgehead atoms. The van der Waals surface area contributed by atoms with Crippen LogP contribution >= 0.6 is 0 Å². The monoisotopic (exact) mass is 250 g/mol. The van der Waals surface area contributed by atoms with Crippen LogP contribution in [0.4, 0.5) is 0 Å². The molecule has 1 aromatic rings. The number of likely N-dealkylation sites (tertiary alicyclic amines) is 1. The van der Waals surface area contributed by atoms with Crippen molar-refractivity contribution in [3.8, 4) is 11.5 Å². The van der Waals surface area contributed by atoms with Gasteiger partial charge in [-0.25, -0.2) is 0 Å². The second-order valence-electron chi connectivity index (χ2n) is 4.77. The van der Waals surface area contributed by atoms with Gasteiger partial charge >= 0.3 is 0 Å². The van der Waals surface area contributed by atoms with Gasteiger partial charge in [0, 0.05) is 25.2 Å². The van der Waals surface area contributed by atoms with Gasteiger partial charge in [-0.05, 0) is 24.5 Å². The lowest BCUT2D eigenvalue weighted by Crippen LogP contribution is -2.42. The molecule has 0 spiro atoms. The van der Waals surface area contributed by atoms with Crippen molar-refractivity contribution in [2.75, 3.05) is 13.1 Å². The number of amides is 1. The number of nitrogens with two attached hydrogens (primary N) is 1. The van der Waals surface area contributed by atoms with Crippen molar-refractivity contribution in [3.63, 3.8) is 0 Å². The summed E-state index contributed by atoms with van der Waals surface area (Å²) in [5.74, 6) is -0.116. The summed E-state index contributed by atoms with van der Waals surface area (Å²) < 4.78 is 0. The number of rotatable bonds is 2. The first-order valence-corrected chi connectivity index (χ1v) is 6.07. The van der Waals surface area contributed by atoms with Crippen LogP contribution in [-0.4, -0.2) is 40.2 Å². The molecule has 0 saturated carbocycles. The lowest BCUT2D eigenvalue weighted by atomic mass is 10.0. The molecule has 98 valence electrons. The van der Waals surface area contributed by atoms with Crippen LogP contribution in [0, 0.1) is 5.92 Å². The van der Waals surface area contributed by atoms with Gasteiger partial charge in [-0.2, -0.15) is 0 Å². The molecular weight excluding hydrogens is 232 g/mol. The minimum absolute atomic E-state index is 0.0192. The van der Waals surface area contributed by atoms with Gasteiger partial charge in [0.2, 0.25) is 0 Å². The van der Waals surface area contributed by atoms with Gasteiger partial charge in [0.1, 0.15) is 11.5 Å². The number of benzene rings is 1. The fourth-order valence-corrected chi connectivity index (χ4v) is 2.48. The summed E-state index contributed by atoms with van der Waals surface area (Å²) in [6.07, 6.45) is 0.923. The number of hydrogen-bond donors (Lipinski definition) is 3. The summed E-state index contributed by atoms with van der Waals surface area (Å²) in [5, 5.41) is 18.9. The summed E-state index contributed by atoms with van der Waals surface area (Å²) in [4.78, 5) is 14.0. The fraction of sp³-hybridized carbons (Fsp3) is 0.462. The van der Waals surface area contributed by atoms with Crippen molar-refractivity contribution in [1.82, 2.24) is 4.90 Å². The zero-order chi connectivity index (χ0) is 13.3. The highest BCUT2D eigenvalue weighted by Crippen LogP contribution is 2.29. The van der Waals surface area contributed by atoms with Crippen LogP contribution in [0.15, 0.2) is 18.2 Å². The first kappa shape index (κ1) is 12.7. The summed E-state index contributed by atoms with van der Waals surface area (Å²) in [6.45, 7) is 3.15. The van der Waals surface area contributed by atoms with Crippen LogP contribution in [0.5, 0.6) is 11.5 Å². The first-order chi connectivity index (χ1) is 8.54. The van der Waals surface area contributed by atoms with E-state index < -0.39 is 0 Å². The molecule has 1 saturated heterocycles. The molecule has 1 fully saturated rings. The molecule has 0 aliphatic carbocycles. The molecule has 1 amide bonds. The Morgan fingerprint density at radius 2 is 2.22 bits per heavy atom. The minimum atomic E-state index is -0.229. The van der Waals surface area contributed by atoms with Crippen molar-refractivity contribution in [2.45, 2.75) is 19.4 Å². The smallest absolute Gasteiger partial charge is 0.257 e. The molecule has 0 aromatic heterocycles. The molecule has 18 heavy (non-hydrogen) atoms. The van der Waals surface area contributed by atoms with E-state index in [0.717, 1.165) is 6.42 Å². The summed E-state index contributed by atoms with van der Waals surface area (Å²) in [7, 11) is 0. The van der Waals surface area contributed by atoms with Gasteiger partial charge in [0.15, 0.2) is 0 Å². The number of carbonyl (C=O) groups excluding carboxylic acids is 1. The van der Waals surface area contributed by atoms with E-state index in [1.807, 2.05) is 0 Å². The van der Waals surface area contributed by atoms with Crippen LogP contribution < -0.4 is 5.73 Å². The van der Waals surface area contributed by atoms with Crippen molar-refractivity contribution >= 4 is 5.91 Å². The molecule has 1 aliphatic rings. The number of phenolic OH excluding ortho intramolecular Hbond substituents is 2. The molecule has 5 heteroatoms. The Labute approximate surface area is 106 Å². The van der Waals surface area contributed by atoms with E-state index in [9.17, 15) is 15.0 Å². The summed E-state index contributed by atoms with van der Waals surface area (Å²) in [5.41, 5.74) is 5.90. The number of carbonyl (C=O) groups is 1. The predicted octanol–water partition coefficient (Wildman–Crippen LogP) is 0.907. The average Bonchev–Trinajstić information content (AvgIpc) is 2.69. The molecule has 1 heterocycles. The molecule has 5 nitrogen and oxygen atoms in total. The van der Waals surface area contributed by atoms with Crippen LogP contribution in [0.3, 0.4) is 0 Å². The van der Waals surface area contributed by atoms with E-state index in [4.69, 9.17) is 5.73 Å². The third-order valence-corrected chi connectivity index (χ3v) is 3.60. The lowest BCUT2D eigenvalue weighted by Gasteiger charge is -2.26. The fourth-order valence-electron chi connectivity index (χ4n) is 2.48. The average molecular weight is 250 g/mol. The maximum atomic E-state index is 12.3. The van der Waals surface area contributed by atoms with Crippen LogP contribution in [0.25, 0.3) is 0 Å². The quantitative estimate of drug-likeness (QED) is 0.728. The largest absolute Gasteiger partial charge is 0.508 e. The number of nitrogens with zero attached hydrogens (tertiary/aromatic N) is 1. The topological polar surface area (TPSA) is 86.8 Å². The van der Waals surface area contributed by atoms with E-state index in [2.05, 4.69) is 6.92 Å². The molecule has 0 radical (unpaired) electrons. The standard InChI is InChI=1S/C13H18N2O3/c1-8-4-5-15(11(8)7-14)13(18)10-3-2-9(16)6-12(10)17/h2-3,6,8,11,16-17H,4-5,7,14H2,1H3. The Morgan fingerprint density at radius 1 is 1.50 bits per heavy atom. The third kappa shape index (κ3) is 2.13. The highest BCUT2D eigenvalue weighted by molar-refractivity contribution is 5.97. The highest BCUT2D eigenvalue weighted by Gasteiger charge is 2.34. The van der Waals surface area contributed by atoms with Gasteiger partial charge < -0.3 is 20.8 Å². The van der Waals surface area contributed by atoms with E-state index in [1.54, 1.807) is 4.90 Å². The van der Waals surface area contributed by atoms with Crippen molar-refractivity contribution in [1.29, 1.82) is 0 Å². The van der Waals surface area contributed by atoms with Crippen molar-refractivity contribution in [2.24, 2.45) is 11.7 Å². The van der Waals surface area contributed by atoms with Gasteiger partial charge in [0.25, 0.3) is 5.91 Å². The number of aromatic hydroxyl groups is 2. The molecule has 2 rings (SSSR count). The second kappa shape index (κ2) is 4.86. The molecule has 1 aliphatic heterocycles. The van der Waals surface area contributed by atoms with Gasteiger partial charge in [-0.15, -0.1) is 0 Å². The van der Waals surface area contributed by atoms with E-state index in [1.165, 1.54) is 18.2 Å². The highest BCUT2D eigenvalue weighted by atomic mass is 16.3. The molecular formula is C13H18N2O3. The van der Waals surface area contributed by atoms with Gasteiger partial charge in [0.05, 0.1) is 5.56 Å². The van der Waals surface area contributed by atoms with E-state index in [-0.39, 0.29) is 29.0 Å². The molecule has 4 N–H and O–H groups in total. The second-order valence-corrected chi connectivity index (χ2v) is 4.77. The number of phenols is 2. The van der Waals surface area contributed by atoms with Gasteiger partial charge in [-0.3, -0.25) is 4.79 Å².